The number of hydrogen-bond acceptors (Lipinski definition) is 4. The fourth-order valence-corrected chi connectivity index (χ4v) is 2.72. The summed E-state index contributed by atoms with van der Waals surface area (Å²) in [5, 5.41) is 5.22. The molecule has 3 rings (SSSR count). The van der Waals surface area contributed by atoms with Crippen molar-refractivity contribution in [1.29, 1.82) is 0 Å². The van der Waals surface area contributed by atoms with Crippen LogP contribution in [0.4, 0.5) is 4.79 Å². The first-order chi connectivity index (χ1) is 11.4. The summed E-state index contributed by atoms with van der Waals surface area (Å²) >= 11 is 5.93. The number of amides is 4. The minimum absolute atomic E-state index is 0.137. The lowest BCUT2D eigenvalue weighted by Crippen LogP contribution is -2.32. The van der Waals surface area contributed by atoms with Crippen LogP contribution in [0.1, 0.15) is 18.7 Å². The number of aromatic amines is 1. The summed E-state index contributed by atoms with van der Waals surface area (Å²) in [7, 11) is 1.66. The number of aromatic nitrogens is 2. The molecule has 1 aliphatic rings. The SMILES string of the molecule is CN(Cc1nc2ccc(Cl)cc2[nH]1)C(=O)CC[C@@H]1NC(=O)NC1=O. The highest BCUT2D eigenvalue weighted by atomic mass is 35.5. The molecule has 9 heteroatoms. The highest BCUT2D eigenvalue weighted by molar-refractivity contribution is 6.31. The van der Waals surface area contributed by atoms with E-state index in [0.29, 0.717) is 17.4 Å². The molecule has 0 radical (unpaired) electrons. The third-order valence-electron chi connectivity index (χ3n) is 3.81. The van der Waals surface area contributed by atoms with Gasteiger partial charge in [-0.1, -0.05) is 11.6 Å². The van der Waals surface area contributed by atoms with E-state index in [9.17, 15) is 14.4 Å². The van der Waals surface area contributed by atoms with E-state index in [1.165, 1.54) is 4.90 Å². The molecule has 24 heavy (non-hydrogen) atoms. The Morgan fingerprint density at radius 3 is 2.88 bits per heavy atom. The molecule has 1 fully saturated rings. The Kier molecular flexibility index (Phi) is 4.39. The molecule has 1 aliphatic heterocycles. The Hall–Kier alpha value is -2.61. The maximum atomic E-state index is 12.2. The highest BCUT2D eigenvalue weighted by Crippen LogP contribution is 2.18. The Labute approximate surface area is 142 Å². The molecule has 0 unspecified atom stereocenters. The number of carbonyl (C=O) groups excluding carboxylic acids is 3. The van der Waals surface area contributed by atoms with Gasteiger partial charge in [0.15, 0.2) is 0 Å². The van der Waals surface area contributed by atoms with Crippen LogP contribution < -0.4 is 10.6 Å². The Morgan fingerprint density at radius 1 is 1.38 bits per heavy atom. The molecule has 0 aliphatic carbocycles. The van der Waals surface area contributed by atoms with E-state index >= 15 is 0 Å². The van der Waals surface area contributed by atoms with Crippen molar-refractivity contribution in [3.63, 3.8) is 0 Å². The Morgan fingerprint density at radius 2 is 2.17 bits per heavy atom. The van der Waals surface area contributed by atoms with E-state index in [2.05, 4.69) is 20.6 Å². The zero-order valence-electron chi connectivity index (χ0n) is 12.9. The number of imidazole rings is 1. The molecule has 1 aromatic carbocycles. The molecule has 126 valence electrons. The summed E-state index contributed by atoms with van der Waals surface area (Å²) in [5.74, 6) is 0.113. The van der Waals surface area contributed by atoms with Gasteiger partial charge in [-0.05, 0) is 24.6 Å². The van der Waals surface area contributed by atoms with Crippen LogP contribution >= 0.6 is 11.6 Å². The molecule has 1 atom stereocenters. The van der Waals surface area contributed by atoms with Gasteiger partial charge in [0.2, 0.25) is 5.91 Å². The molecule has 2 aromatic rings. The van der Waals surface area contributed by atoms with Crippen molar-refractivity contribution >= 4 is 40.5 Å². The van der Waals surface area contributed by atoms with Gasteiger partial charge in [-0.15, -0.1) is 0 Å². The van der Waals surface area contributed by atoms with Crippen LogP contribution in [0, 0.1) is 0 Å². The monoisotopic (exact) mass is 349 g/mol. The molecule has 0 spiro atoms. The average Bonchev–Trinajstić information content (AvgIpc) is 3.06. The largest absolute Gasteiger partial charge is 0.340 e. The van der Waals surface area contributed by atoms with Gasteiger partial charge in [-0.25, -0.2) is 9.78 Å². The molecule has 1 saturated heterocycles. The number of benzene rings is 1. The van der Waals surface area contributed by atoms with Gasteiger partial charge >= 0.3 is 6.03 Å². The predicted octanol–water partition coefficient (Wildman–Crippen LogP) is 1.16. The minimum atomic E-state index is -0.650. The first-order valence-corrected chi connectivity index (χ1v) is 7.79. The van der Waals surface area contributed by atoms with Crippen molar-refractivity contribution < 1.29 is 14.4 Å². The number of urea groups is 1. The van der Waals surface area contributed by atoms with E-state index in [0.717, 1.165) is 11.0 Å². The van der Waals surface area contributed by atoms with Gasteiger partial charge in [0.25, 0.3) is 5.91 Å². The van der Waals surface area contributed by atoms with Crippen molar-refractivity contribution in [2.45, 2.75) is 25.4 Å². The summed E-state index contributed by atoms with van der Waals surface area (Å²) in [6.07, 6.45) is 0.414. The average molecular weight is 350 g/mol. The number of rotatable bonds is 5. The van der Waals surface area contributed by atoms with E-state index in [4.69, 9.17) is 11.6 Å². The summed E-state index contributed by atoms with van der Waals surface area (Å²) in [6.45, 7) is 0.314. The van der Waals surface area contributed by atoms with Gasteiger partial charge < -0.3 is 15.2 Å². The van der Waals surface area contributed by atoms with Crippen molar-refractivity contribution in [2.24, 2.45) is 0 Å². The van der Waals surface area contributed by atoms with Crippen LogP contribution in [-0.2, 0) is 16.1 Å². The van der Waals surface area contributed by atoms with Crippen LogP contribution in [0.15, 0.2) is 18.2 Å². The van der Waals surface area contributed by atoms with Gasteiger partial charge in [-0.3, -0.25) is 14.9 Å². The molecule has 3 N–H and O–H groups in total. The molecule has 4 amide bonds. The third-order valence-corrected chi connectivity index (χ3v) is 4.05. The van der Waals surface area contributed by atoms with Crippen molar-refractivity contribution in [2.75, 3.05) is 7.05 Å². The number of hydrogen-bond donors (Lipinski definition) is 3. The number of imide groups is 1. The van der Waals surface area contributed by atoms with Crippen molar-refractivity contribution in [3.05, 3.63) is 29.0 Å². The third kappa shape index (κ3) is 3.48. The van der Waals surface area contributed by atoms with E-state index in [-0.39, 0.29) is 18.7 Å². The molecule has 1 aromatic heterocycles. The number of halogens is 1. The first-order valence-electron chi connectivity index (χ1n) is 7.42. The summed E-state index contributed by atoms with van der Waals surface area (Å²) < 4.78 is 0. The van der Waals surface area contributed by atoms with Crippen molar-refractivity contribution in [3.8, 4) is 0 Å². The lowest BCUT2D eigenvalue weighted by Gasteiger charge is -2.16. The topological polar surface area (TPSA) is 107 Å². The van der Waals surface area contributed by atoms with Crippen LogP contribution in [0.2, 0.25) is 5.02 Å². The van der Waals surface area contributed by atoms with E-state index < -0.39 is 18.0 Å². The number of H-pyrrole nitrogens is 1. The second-order valence-corrected chi connectivity index (χ2v) is 6.09. The van der Waals surface area contributed by atoms with Gasteiger partial charge in [-0.2, -0.15) is 0 Å². The number of fused-ring (bicyclic) bond motifs is 1. The number of carbonyl (C=O) groups is 3. The van der Waals surface area contributed by atoms with Gasteiger partial charge in [0, 0.05) is 18.5 Å². The Bertz CT molecular complexity index is 819. The predicted molar refractivity (Wildman–Crippen MR) is 87.3 cm³/mol. The quantitative estimate of drug-likeness (QED) is 0.704. The van der Waals surface area contributed by atoms with Crippen LogP contribution in [0.3, 0.4) is 0 Å². The normalized spacial score (nSPS) is 17.0. The molecule has 0 bridgehead atoms. The summed E-state index contributed by atoms with van der Waals surface area (Å²) in [5.41, 5.74) is 1.59. The number of nitrogens with one attached hydrogen (secondary N) is 3. The lowest BCUT2D eigenvalue weighted by atomic mass is 10.1. The molecule has 0 saturated carbocycles. The summed E-state index contributed by atoms with van der Waals surface area (Å²) in [4.78, 5) is 43.7. The highest BCUT2D eigenvalue weighted by Gasteiger charge is 2.29. The van der Waals surface area contributed by atoms with Crippen molar-refractivity contribution in [1.82, 2.24) is 25.5 Å². The molecule has 2 heterocycles. The zero-order chi connectivity index (χ0) is 17.3. The zero-order valence-corrected chi connectivity index (χ0v) is 13.7. The van der Waals surface area contributed by atoms with Crippen LogP contribution in [-0.4, -0.2) is 45.8 Å². The smallest absolute Gasteiger partial charge is 0.322 e. The Balaban J connectivity index is 1.57. The van der Waals surface area contributed by atoms with E-state index in [1.807, 2.05) is 0 Å². The second-order valence-electron chi connectivity index (χ2n) is 5.65. The lowest BCUT2D eigenvalue weighted by molar-refractivity contribution is -0.130. The minimum Gasteiger partial charge on any atom is -0.340 e. The van der Waals surface area contributed by atoms with Crippen LogP contribution in [0.5, 0.6) is 0 Å². The maximum Gasteiger partial charge on any atom is 0.322 e. The molecular weight excluding hydrogens is 334 g/mol. The maximum absolute atomic E-state index is 12.2. The molecule has 8 nitrogen and oxygen atoms in total. The summed E-state index contributed by atoms with van der Waals surface area (Å²) in [6, 6.07) is 4.16. The fraction of sp³-hybridized carbons (Fsp3) is 0.333. The first kappa shape index (κ1) is 16.3. The van der Waals surface area contributed by atoms with Gasteiger partial charge in [0.1, 0.15) is 11.9 Å². The molecular formula is C15H16ClN5O3. The fourth-order valence-electron chi connectivity index (χ4n) is 2.54. The second kappa shape index (κ2) is 6.48. The van der Waals surface area contributed by atoms with Crippen LogP contribution in [0.25, 0.3) is 11.0 Å². The number of nitrogens with zero attached hydrogens (tertiary/aromatic N) is 2. The standard InChI is InChI=1S/C15H16ClN5O3/c1-21(13(22)5-4-10-14(23)20-15(24)19-10)7-12-17-9-3-2-8(16)6-11(9)18-12/h2-3,6,10H,4-5,7H2,1H3,(H,17,18)(H2,19,20,23,24)/t10-/m0/s1. The van der Waals surface area contributed by atoms with E-state index in [1.54, 1.807) is 25.2 Å². The van der Waals surface area contributed by atoms with Gasteiger partial charge in [0.05, 0.1) is 17.6 Å².